The molecule has 0 spiro atoms. The number of anilines is 1. The van der Waals surface area contributed by atoms with Crippen molar-refractivity contribution in [2.24, 2.45) is 0 Å². The van der Waals surface area contributed by atoms with Gasteiger partial charge in [-0.05, 0) is 51.8 Å². The summed E-state index contributed by atoms with van der Waals surface area (Å²) in [6.45, 7) is 0.633. The number of carbonyl (C=O) groups is 1. The van der Waals surface area contributed by atoms with Gasteiger partial charge in [-0.1, -0.05) is 12.1 Å². The van der Waals surface area contributed by atoms with Crippen LogP contribution in [-0.4, -0.2) is 18.1 Å². The number of nitriles is 1. The smallest absolute Gasteiger partial charge is 0.336 e. The number of hydrogen-bond donors (Lipinski definition) is 1. The van der Waals surface area contributed by atoms with Gasteiger partial charge in [0, 0.05) is 23.8 Å². The molecule has 0 saturated carbocycles. The standard InChI is InChI=1S/C16H13BrN2O2/c1-19(10-12-4-2-3-11(7-12)9-18)13-5-6-14(16(20)21)15(17)8-13/h2-8H,10H2,1H3,(H,20,21). The van der Waals surface area contributed by atoms with Crippen molar-refractivity contribution in [2.75, 3.05) is 11.9 Å². The summed E-state index contributed by atoms with van der Waals surface area (Å²) in [4.78, 5) is 13.0. The van der Waals surface area contributed by atoms with E-state index in [1.807, 2.05) is 30.1 Å². The van der Waals surface area contributed by atoms with Crippen molar-refractivity contribution in [2.45, 2.75) is 6.54 Å². The molecule has 4 nitrogen and oxygen atoms in total. The Balaban J connectivity index is 2.20. The average molecular weight is 345 g/mol. The van der Waals surface area contributed by atoms with Crippen LogP contribution in [0.15, 0.2) is 46.9 Å². The lowest BCUT2D eigenvalue weighted by Crippen LogP contribution is -2.16. The van der Waals surface area contributed by atoms with Crippen LogP contribution in [0, 0.1) is 11.3 Å². The maximum absolute atomic E-state index is 11.0. The molecule has 0 atom stereocenters. The van der Waals surface area contributed by atoms with Crippen LogP contribution in [0.25, 0.3) is 0 Å². The number of halogens is 1. The SMILES string of the molecule is CN(Cc1cccc(C#N)c1)c1ccc(C(=O)O)c(Br)c1. The second kappa shape index (κ2) is 6.42. The third-order valence-electron chi connectivity index (χ3n) is 3.10. The van der Waals surface area contributed by atoms with E-state index in [4.69, 9.17) is 10.4 Å². The predicted molar refractivity (Wildman–Crippen MR) is 84.4 cm³/mol. The van der Waals surface area contributed by atoms with Gasteiger partial charge in [0.15, 0.2) is 0 Å². The Bertz CT molecular complexity index is 722. The molecule has 0 aliphatic rings. The second-order valence-electron chi connectivity index (χ2n) is 4.64. The Kier molecular flexibility index (Phi) is 4.61. The molecule has 0 radical (unpaired) electrons. The van der Waals surface area contributed by atoms with Crippen LogP contribution in [0.3, 0.4) is 0 Å². The quantitative estimate of drug-likeness (QED) is 0.919. The van der Waals surface area contributed by atoms with Gasteiger partial charge in [0.25, 0.3) is 0 Å². The maximum Gasteiger partial charge on any atom is 0.336 e. The number of benzene rings is 2. The monoisotopic (exact) mass is 344 g/mol. The molecule has 106 valence electrons. The summed E-state index contributed by atoms with van der Waals surface area (Å²) < 4.78 is 0.546. The van der Waals surface area contributed by atoms with E-state index >= 15 is 0 Å². The Labute approximate surface area is 131 Å². The lowest BCUT2D eigenvalue weighted by atomic mass is 10.1. The Hall–Kier alpha value is -2.32. The molecule has 5 heteroatoms. The van der Waals surface area contributed by atoms with Gasteiger partial charge in [0.1, 0.15) is 0 Å². The number of carboxylic acids is 1. The molecular formula is C16H13BrN2O2. The first-order valence-corrected chi connectivity index (χ1v) is 7.03. The minimum Gasteiger partial charge on any atom is -0.478 e. The summed E-state index contributed by atoms with van der Waals surface area (Å²) in [7, 11) is 1.92. The van der Waals surface area contributed by atoms with Crippen LogP contribution >= 0.6 is 15.9 Å². The Morgan fingerprint density at radius 2 is 2.10 bits per heavy atom. The van der Waals surface area contributed by atoms with Gasteiger partial charge in [-0.3, -0.25) is 0 Å². The molecule has 0 unspecified atom stereocenters. The van der Waals surface area contributed by atoms with Crippen LogP contribution < -0.4 is 4.90 Å². The zero-order valence-electron chi connectivity index (χ0n) is 11.4. The number of aromatic carboxylic acids is 1. The number of hydrogen-bond acceptors (Lipinski definition) is 3. The van der Waals surface area contributed by atoms with E-state index < -0.39 is 5.97 Å². The fourth-order valence-electron chi connectivity index (χ4n) is 2.02. The van der Waals surface area contributed by atoms with Crippen molar-refractivity contribution in [1.29, 1.82) is 5.26 Å². The van der Waals surface area contributed by atoms with Crippen LogP contribution in [-0.2, 0) is 6.54 Å². The maximum atomic E-state index is 11.0. The van der Waals surface area contributed by atoms with Gasteiger partial charge in [0.2, 0.25) is 0 Å². The first-order chi connectivity index (χ1) is 10.0. The Morgan fingerprint density at radius 1 is 1.33 bits per heavy atom. The van der Waals surface area contributed by atoms with E-state index in [2.05, 4.69) is 22.0 Å². The minimum atomic E-state index is -0.960. The highest BCUT2D eigenvalue weighted by atomic mass is 79.9. The van der Waals surface area contributed by atoms with Gasteiger partial charge >= 0.3 is 5.97 Å². The van der Waals surface area contributed by atoms with Crippen LogP contribution in [0.1, 0.15) is 21.5 Å². The molecule has 2 aromatic rings. The third kappa shape index (κ3) is 3.61. The summed E-state index contributed by atoms with van der Waals surface area (Å²) >= 11 is 3.27. The molecule has 21 heavy (non-hydrogen) atoms. The molecule has 0 aliphatic heterocycles. The molecular weight excluding hydrogens is 332 g/mol. The van der Waals surface area contributed by atoms with Gasteiger partial charge in [-0.25, -0.2) is 4.79 Å². The fourth-order valence-corrected chi connectivity index (χ4v) is 2.56. The zero-order valence-corrected chi connectivity index (χ0v) is 13.0. The molecule has 0 heterocycles. The summed E-state index contributed by atoms with van der Waals surface area (Å²) in [5.41, 5.74) is 2.78. The molecule has 1 N–H and O–H groups in total. The third-order valence-corrected chi connectivity index (χ3v) is 3.76. The van der Waals surface area contributed by atoms with E-state index in [0.717, 1.165) is 11.3 Å². The molecule has 2 rings (SSSR count). The highest BCUT2D eigenvalue weighted by molar-refractivity contribution is 9.10. The first-order valence-electron chi connectivity index (χ1n) is 6.24. The number of nitrogens with zero attached hydrogens (tertiary/aromatic N) is 2. The highest BCUT2D eigenvalue weighted by Crippen LogP contribution is 2.24. The lowest BCUT2D eigenvalue weighted by Gasteiger charge is -2.20. The van der Waals surface area contributed by atoms with Crippen LogP contribution in [0.4, 0.5) is 5.69 Å². The van der Waals surface area contributed by atoms with Crippen molar-refractivity contribution in [3.05, 3.63) is 63.6 Å². The van der Waals surface area contributed by atoms with Crippen molar-refractivity contribution >= 4 is 27.6 Å². The zero-order chi connectivity index (χ0) is 15.4. The molecule has 0 fully saturated rings. The molecule has 0 amide bonds. The molecule has 0 bridgehead atoms. The van der Waals surface area contributed by atoms with Crippen molar-refractivity contribution in [3.63, 3.8) is 0 Å². The van der Waals surface area contributed by atoms with Gasteiger partial charge in [0.05, 0.1) is 17.2 Å². The number of carboxylic acid groups (broad SMARTS) is 1. The van der Waals surface area contributed by atoms with Crippen LogP contribution in [0.5, 0.6) is 0 Å². The summed E-state index contributed by atoms with van der Waals surface area (Å²) in [6, 6.07) is 14.7. The largest absolute Gasteiger partial charge is 0.478 e. The summed E-state index contributed by atoms with van der Waals surface area (Å²) in [5.74, 6) is -0.960. The predicted octanol–water partition coefficient (Wildman–Crippen LogP) is 3.66. The minimum absolute atomic E-state index is 0.235. The molecule has 0 aliphatic carbocycles. The van der Waals surface area contributed by atoms with Crippen molar-refractivity contribution in [1.82, 2.24) is 0 Å². The molecule has 2 aromatic carbocycles. The van der Waals surface area contributed by atoms with E-state index in [1.54, 1.807) is 24.3 Å². The van der Waals surface area contributed by atoms with E-state index in [9.17, 15) is 4.79 Å². The van der Waals surface area contributed by atoms with E-state index in [1.165, 1.54) is 0 Å². The summed E-state index contributed by atoms with van der Waals surface area (Å²) in [6.07, 6.45) is 0. The lowest BCUT2D eigenvalue weighted by molar-refractivity contribution is 0.0696. The number of rotatable bonds is 4. The summed E-state index contributed by atoms with van der Waals surface area (Å²) in [5, 5.41) is 17.9. The van der Waals surface area contributed by atoms with E-state index in [-0.39, 0.29) is 5.56 Å². The van der Waals surface area contributed by atoms with Crippen LogP contribution in [0.2, 0.25) is 0 Å². The van der Waals surface area contributed by atoms with Gasteiger partial charge in [-0.2, -0.15) is 5.26 Å². The normalized spacial score (nSPS) is 9.95. The second-order valence-corrected chi connectivity index (χ2v) is 5.49. The van der Waals surface area contributed by atoms with Crippen molar-refractivity contribution in [3.8, 4) is 6.07 Å². The topological polar surface area (TPSA) is 64.3 Å². The van der Waals surface area contributed by atoms with Gasteiger partial charge < -0.3 is 10.0 Å². The average Bonchev–Trinajstić information content (AvgIpc) is 2.46. The highest BCUT2D eigenvalue weighted by Gasteiger charge is 2.10. The van der Waals surface area contributed by atoms with E-state index in [0.29, 0.717) is 16.6 Å². The van der Waals surface area contributed by atoms with Crippen molar-refractivity contribution < 1.29 is 9.90 Å². The first kappa shape index (κ1) is 15.1. The molecule has 0 aromatic heterocycles. The fraction of sp³-hybridized carbons (Fsp3) is 0.125. The molecule has 0 saturated heterocycles. The Morgan fingerprint density at radius 3 is 2.71 bits per heavy atom. The van der Waals surface area contributed by atoms with Gasteiger partial charge in [-0.15, -0.1) is 0 Å².